The normalized spacial score (nSPS) is 12.5. The Kier molecular flexibility index (Phi) is 3.94. The van der Waals surface area contributed by atoms with Crippen molar-refractivity contribution in [3.8, 4) is 0 Å². The Labute approximate surface area is 91.2 Å². The van der Waals surface area contributed by atoms with Gasteiger partial charge in [-0.25, -0.2) is 0 Å². The fourth-order valence-electron chi connectivity index (χ4n) is 1.24. The van der Waals surface area contributed by atoms with Gasteiger partial charge in [-0.05, 0) is 23.6 Å². The molecule has 1 unspecified atom stereocenters. The quantitative estimate of drug-likeness (QED) is 0.757. The van der Waals surface area contributed by atoms with Gasteiger partial charge in [-0.3, -0.25) is 0 Å². The molecule has 0 aliphatic rings. The highest BCUT2D eigenvalue weighted by molar-refractivity contribution is 9.10. The lowest BCUT2D eigenvalue weighted by Crippen LogP contribution is -1.96. The summed E-state index contributed by atoms with van der Waals surface area (Å²) in [6.45, 7) is 1.99. The van der Waals surface area contributed by atoms with Crippen molar-refractivity contribution in [1.29, 1.82) is 0 Å². The average molecular weight is 262 g/mol. The van der Waals surface area contributed by atoms with Crippen molar-refractivity contribution < 1.29 is 4.79 Å². The largest absolute Gasteiger partial charge is 0.303 e. The van der Waals surface area contributed by atoms with E-state index in [9.17, 15) is 4.79 Å². The van der Waals surface area contributed by atoms with Crippen molar-refractivity contribution in [3.05, 3.63) is 33.3 Å². The number of benzene rings is 1. The lowest BCUT2D eigenvalue weighted by atomic mass is 9.99. The summed E-state index contributed by atoms with van der Waals surface area (Å²) in [4.78, 5) is 10.4. The zero-order valence-electron chi connectivity index (χ0n) is 7.26. The summed E-state index contributed by atoms with van der Waals surface area (Å²) in [5.41, 5.74) is 1.01. The van der Waals surface area contributed by atoms with Gasteiger partial charge in [-0.1, -0.05) is 40.5 Å². The van der Waals surface area contributed by atoms with Crippen LogP contribution in [0.2, 0.25) is 5.02 Å². The summed E-state index contributed by atoms with van der Waals surface area (Å²) < 4.78 is 0.967. The van der Waals surface area contributed by atoms with Crippen LogP contribution in [-0.2, 0) is 4.79 Å². The molecular formula is C10H10BrClO. The maximum Gasteiger partial charge on any atom is 0.120 e. The molecule has 0 heterocycles. The van der Waals surface area contributed by atoms with Gasteiger partial charge in [0.05, 0.1) is 0 Å². The molecule has 1 atom stereocenters. The molecule has 0 saturated heterocycles. The van der Waals surface area contributed by atoms with E-state index in [0.29, 0.717) is 11.4 Å². The molecule has 1 aromatic carbocycles. The number of hydrogen-bond donors (Lipinski definition) is 0. The lowest BCUT2D eigenvalue weighted by molar-refractivity contribution is -0.108. The van der Waals surface area contributed by atoms with E-state index in [1.165, 1.54) is 0 Å². The Morgan fingerprint density at radius 1 is 1.62 bits per heavy atom. The van der Waals surface area contributed by atoms with Crippen molar-refractivity contribution in [3.63, 3.8) is 0 Å². The Morgan fingerprint density at radius 3 is 2.85 bits per heavy atom. The van der Waals surface area contributed by atoms with E-state index in [1.54, 1.807) is 0 Å². The van der Waals surface area contributed by atoms with Crippen LogP contribution in [0.4, 0.5) is 0 Å². The standard InChI is InChI=1S/C10H10BrClO/c1-7(5-6-13)10-8(11)3-2-4-9(10)12/h2-4,6-7H,5H2,1H3. The van der Waals surface area contributed by atoms with Gasteiger partial charge in [0, 0.05) is 15.9 Å². The van der Waals surface area contributed by atoms with Crippen LogP contribution in [-0.4, -0.2) is 6.29 Å². The predicted octanol–water partition coefficient (Wildman–Crippen LogP) is 3.80. The second kappa shape index (κ2) is 4.77. The van der Waals surface area contributed by atoms with Gasteiger partial charge >= 0.3 is 0 Å². The molecule has 0 radical (unpaired) electrons. The average Bonchev–Trinajstić information content (AvgIpc) is 2.04. The maximum absolute atomic E-state index is 10.4. The monoisotopic (exact) mass is 260 g/mol. The third kappa shape index (κ3) is 2.55. The summed E-state index contributed by atoms with van der Waals surface area (Å²) in [7, 11) is 0. The Hall–Kier alpha value is -0.340. The van der Waals surface area contributed by atoms with Crippen molar-refractivity contribution in [2.45, 2.75) is 19.3 Å². The summed E-state index contributed by atoms with van der Waals surface area (Å²) in [5, 5.41) is 0.712. The third-order valence-corrected chi connectivity index (χ3v) is 2.96. The zero-order valence-corrected chi connectivity index (χ0v) is 9.60. The minimum absolute atomic E-state index is 0.167. The van der Waals surface area contributed by atoms with Gasteiger partial charge in [0.2, 0.25) is 0 Å². The third-order valence-electron chi connectivity index (χ3n) is 1.94. The van der Waals surface area contributed by atoms with Crippen LogP contribution >= 0.6 is 27.5 Å². The molecule has 0 fully saturated rings. The van der Waals surface area contributed by atoms with Gasteiger partial charge in [0.15, 0.2) is 0 Å². The minimum atomic E-state index is 0.167. The smallest absolute Gasteiger partial charge is 0.120 e. The van der Waals surface area contributed by atoms with Crippen LogP contribution in [0.3, 0.4) is 0 Å². The van der Waals surface area contributed by atoms with Crippen LogP contribution in [0, 0.1) is 0 Å². The van der Waals surface area contributed by atoms with Crippen LogP contribution in [0.1, 0.15) is 24.8 Å². The van der Waals surface area contributed by atoms with Crippen LogP contribution in [0.25, 0.3) is 0 Å². The lowest BCUT2D eigenvalue weighted by Gasteiger charge is -2.12. The fraction of sp³-hybridized carbons (Fsp3) is 0.300. The molecular weight excluding hydrogens is 251 g/mol. The van der Waals surface area contributed by atoms with E-state index in [0.717, 1.165) is 16.3 Å². The Balaban J connectivity index is 3.04. The topological polar surface area (TPSA) is 17.1 Å². The highest BCUT2D eigenvalue weighted by Crippen LogP contribution is 2.32. The van der Waals surface area contributed by atoms with Crippen molar-refractivity contribution >= 4 is 33.8 Å². The van der Waals surface area contributed by atoms with Crippen LogP contribution < -0.4 is 0 Å². The zero-order chi connectivity index (χ0) is 9.84. The van der Waals surface area contributed by atoms with E-state index < -0.39 is 0 Å². The van der Waals surface area contributed by atoms with Gasteiger partial charge in [-0.15, -0.1) is 0 Å². The van der Waals surface area contributed by atoms with Crippen molar-refractivity contribution in [2.75, 3.05) is 0 Å². The second-order valence-corrected chi connectivity index (χ2v) is 4.20. The van der Waals surface area contributed by atoms with Gasteiger partial charge in [0.25, 0.3) is 0 Å². The molecule has 0 bridgehead atoms. The maximum atomic E-state index is 10.4. The van der Waals surface area contributed by atoms with E-state index >= 15 is 0 Å². The molecule has 0 N–H and O–H groups in total. The Bertz CT molecular complexity index is 292. The van der Waals surface area contributed by atoms with Crippen molar-refractivity contribution in [2.24, 2.45) is 0 Å². The molecule has 70 valence electrons. The molecule has 1 aromatic rings. The molecule has 13 heavy (non-hydrogen) atoms. The van der Waals surface area contributed by atoms with Gasteiger partial charge < -0.3 is 4.79 Å². The molecule has 0 aliphatic carbocycles. The van der Waals surface area contributed by atoms with E-state index in [4.69, 9.17) is 11.6 Å². The molecule has 0 saturated carbocycles. The molecule has 3 heteroatoms. The first-order valence-electron chi connectivity index (χ1n) is 4.04. The van der Waals surface area contributed by atoms with E-state index in [1.807, 2.05) is 25.1 Å². The first-order chi connectivity index (χ1) is 6.16. The SMILES string of the molecule is CC(CC=O)c1c(Cl)cccc1Br. The number of halogens is 2. The van der Waals surface area contributed by atoms with Crippen molar-refractivity contribution in [1.82, 2.24) is 0 Å². The fourth-order valence-corrected chi connectivity index (χ4v) is 2.48. The molecule has 0 aromatic heterocycles. The molecule has 0 aliphatic heterocycles. The first-order valence-corrected chi connectivity index (χ1v) is 5.21. The number of aldehydes is 1. The van der Waals surface area contributed by atoms with Gasteiger partial charge in [-0.2, -0.15) is 0 Å². The number of carbonyl (C=O) groups excluding carboxylic acids is 1. The molecule has 0 spiro atoms. The van der Waals surface area contributed by atoms with E-state index in [-0.39, 0.29) is 5.92 Å². The van der Waals surface area contributed by atoms with E-state index in [2.05, 4.69) is 15.9 Å². The summed E-state index contributed by atoms with van der Waals surface area (Å²) >= 11 is 9.43. The Morgan fingerprint density at radius 2 is 2.31 bits per heavy atom. The number of rotatable bonds is 3. The molecule has 0 amide bonds. The van der Waals surface area contributed by atoms with Gasteiger partial charge in [0.1, 0.15) is 6.29 Å². The van der Waals surface area contributed by atoms with Crippen LogP contribution in [0.5, 0.6) is 0 Å². The predicted molar refractivity (Wildman–Crippen MR) is 58.2 cm³/mol. The number of carbonyl (C=O) groups is 1. The summed E-state index contributed by atoms with van der Waals surface area (Å²) in [6, 6.07) is 5.65. The molecule has 1 rings (SSSR count). The summed E-state index contributed by atoms with van der Waals surface area (Å²) in [5.74, 6) is 0.167. The van der Waals surface area contributed by atoms with Crippen LogP contribution in [0.15, 0.2) is 22.7 Å². The summed E-state index contributed by atoms with van der Waals surface area (Å²) in [6.07, 6.45) is 1.42. The minimum Gasteiger partial charge on any atom is -0.303 e. The molecule has 1 nitrogen and oxygen atoms in total. The number of hydrogen-bond acceptors (Lipinski definition) is 1. The first kappa shape index (κ1) is 10.7. The highest BCUT2D eigenvalue weighted by Gasteiger charge is 2.12. The highest BCUT2D eigenvalue weighted by atomic mass is 79.9. The second-order valence-electron chi connectivity index (χ2n) is 2.94.